The van der Waals surface area contributed by atoms with Gasteiger partial charge in [0.25, 0.3) is 0 Å². The summed E-state index contributed by atoms with van der Waals surface area (Å²) in [6.07, 6.45) is -4.17. The number of ether oxygens (including phenoxy) is 1. The maximum Gasteiger partial charge on any atom is 0.403 e. The molecule has 9 heteroatoms. The normalized spacial score (nSPS) is 18.2. The van der Waals surface area contributed by atoms with Crippen molar-refractivity contribution in [1.82, 2.24) is 15.1 Å². The summed E-state index contributed by atoms with van der Waals surface area (Å²) in [6, 6.07) is -1.40. The summed E-state index contributed by atoms with van der Waals surface area (Å²) in [7, 11) is 0. The average molecular weight is 480 g/mol. The SMILES string of the molecule is CCNC(=NCCOCC(C)C)N1CCN(C(C)C(F)(F)F)CC1.I. The number of piperazine rings is 1. The molecule has 0 saturated carbocycles. The van der Waals surface area contributed by atoms with E-state index in [0.717, 1.165) is 12.5 Å². The minimum atomic E-state index is -4.17. The molecule has 1 aliphatic rings. The minimum Gasteiger partial charge on any atom is -0.379 e. The summed E-state index contributed by atoms with van der Waals surface area (Å²) in [5.74, 6) is 1.25. The van der Waals surface area contributed by atoms with E-state index in [-0.39, 0.29) is 24.0 Å². The van der Waals surface area contributed by atoms with Gasteiger partial charge in [-0.2, -0.15) is 13.2 Å². The Labute approximate surface area is 166 Å². The van der Waals surface area contributed by atoms with Gasteiger partial charge in [-0.3, -0.25) is 9.89 Å². The maximum absolute atomic E-state index is 12.8. The van der Waals surface area contributed by atoms with Crippen LogP contribution in [0.2, 0.25) is 0 Å². The fourth-order valence-corrected chi connectivity index (χ4v) is 2.49. The van der Waals surface area contributed by atoms with E-state index in [2.05, 4.69) is 24.2 Å². The molecule has 0 spiro atoms. The molecule has 1 rings (SSSR count). The predicted molar refractivity (Wildman–Crippen MR) is 106 cm³/mol. The molecule has 150 valence electrons. The maximum atomic E-state index is 12.8. The Hall–Kier alpha value is -0.290. The third-order valence-corrected chi connectivity index (χ3v) is 3.92. The van der Waals surface area contributed by atoms with Crippen molar-refractivity contribution in [3.63, 3.8) is 0 Å². The van der Waals surface area contributed by atoms with E-state index < -0.39 is 12.2 Å². The molecule has 5 nitrogen and oxygen atoms in total. The zero-order chi connectivity index (χ0) is 18.2. The van der Waals surface area contributed by atoms with Crippen LogP contribution in [0.5, 0.6) is 0 Å². The van der Waals surface area contributed by atoms with Gasteiger partial charge in [-0.05, 0) is 19.8 Å². The first-order valence-electron chi connectivity index (χ1n) is 8.67. The molecule has 0 aromatic carbocycles. The number of halogens is 4. The molecule has 0 aromatic rings. The van der Waals surface area contributed by atoms with Crippen LogP contribution in [0.25, 0.3) is 0 Å². The fraction of sp³-hybridized carbons (Fsp3) is 0.938. The summed E-state index contributed by atoms with van der Waals surface area (Å²) in [5, 5.41) is 3.21. The van der Waals surface area contributed by atoms with Crippen molar-refractivity contribution in [2.24, 2.45) is 10.9 Å². The molecule has 0 aromatic heterocycles. The third kappa shape index (κ3) is 9.28. The molecule has 1 N–H and O–H groups in total. The molecule has 0 amide bonds. The second-order valence-electron chi connectivity index (χ2n) is 6.45. The highest BCUT2D eigenvalue weighted by Crippen LogP contribution is 2.25. The largest absolute Gasteiger partial charge is 0.403 e. The quantitative estimate of drug-likeness (QED) is 0.264. The van der Waals surface area contributed by atoms with Crippen LogP contribution in [0, 0.1) is 5.92 Å². The molecule has 1 saturated heterocycles. The molecular weight excluding hydrogens is 448 g/mol. The van der Waals surface area contributed by atoms with Crippen LogP contribution in [0.15, 0.2) is 4.99 Å². The lowest BCUT2D eigenvalue weighted by Gasteiger charge is -2.39. The van der Waals surface area contributed by atoms with Crippen molar-refractivity contribution in [2.75, 3.05) is 52.5 Å². The molecule has 1 atom stereocenters. The van der Waals surface area contributed by atoms with Gasteiger partial charge in [0, 0.05) is 39.3 Å². The zero-order valence-electron chi connectivity index (χ0n) is 15.6. The predicted octanol–water partition coefficient (Wildman–Crippen LogP) is 2.81. The Bertz CT molecular complexity index is 386. The van der Waals surface area contributed by atoms with Gasteiger partial charge < -0.3 is 15.0 Å². The van der Waals surface area contributed by atoms with E-state index in [1.54, 1.807) is 0 Å². The molecule has 0 bridgehead atoms. The number of hydrogen-bond acceptors (Lipinski definition) is 3. The lowest BCUT2D eigenvalue weighted by atomic mass is 10.2. The Morgan fingerprint density at radius 3 is 2.24 bits per heavy atom. The van der Waals surface area contributed by atoms with Crippen molar-refractivity contribution in [2.45, 2.75) is 39.9 Å². The van der Waals surface area contributed by atoms with Crippen LogP contribution in [0.3, 0.4) is 0 Å². The van der Waals surface area contributed by atoms with Crippen LogP contribution < -0.4 is 5.32 Å². The van der Waals surface area contributed by atoms with Crippen molar-refractivity contribution >= 4 is 29.9 Å². The molecule has 1 heterocycles. The first-order chi connectivity index (χ1) is 11.3. The molecule has 1 fully saturated rings. The smallest absolute Gasteiger partial charge is 0.379 e. The van der Waals surface area contributed by atoms with Gasteiger partial charge in [0.05, 0.1) is 13.2 Å². The van der Waals surface area contributed by atoms with Crippen molar-refractivity contribution < 1.29 is 17.9 Å². The van der Waals surface area contributed by atoms with Gasteiger partial charge in [-0.1, -0.05) is 13.8 Å². The summed E-state index contributed by atoms with van der Waals surface area (Å²) in [6.45, 7) is 11.8. The molecule has 1 aliphatic heterocycles. The number of guanidine groups is 1. The summed E-state index contributed by atoms with van der Waals surface area (Å²) in [5.41, 5.74) is 0. The van der Waals surface area contributed by atoms with Crippen LogP contribution in [0.1, 0.15) is 27.7 Å². The summed E-state index contributed by atoms with van der Waals surface area (Å²) >= 11 is 0. The van der Waals surface area contributed by atoms with Crippen molar-refractivity contribution in [1.29, 1.82) is 0 Å². The Kier molecular flexibility index (Phi) is 12.0. The average Bonchev–Trinajstić information content (AvgIpc) is 2.52. The van der Waals surface area contributed by atoms with Crippen LogP contribution in [-0.2, 0) is 4.74 Å². The summed E-state index contributed by atoms with van der Waals surface area (Å²) in [4.78, 5) is 8.02. The fourth-order valence-electron chi connectivity index (χ4n) is 2.49. The van der Waals surface area contributed by atoms with Gasteiger partial charge in [0.15, 0.2) is 5.96 Å². The Morgan fingerprint density at radius 1 is 1.16 bits per heavy atom. The Balaban J connectivity index is 0.00000576. The minimum absolute atomic E-state index is 0. The lowest BCUT2D eigenvalue weighted by molar-refractivity contribution is -0.181. The van der Waals surface area contributed by atoms with E-state index in [1.807, 2.05) is 11.8 Å². The topological polar surface area (TPSA) is 40.1 Å². The number of nitrogens with zero attached hydrogens (tertiary/aromatic N) is 3. The van der Waals surface area contributed by atoms with Gasteiger partial charge in [-0.15, -0.1) is 24.0 Å². The van der Waals surface area contributed by atoms with E-state index in [4.69, 9.17) is 4.74 Å². The van der Waals surface area contributed by atoms with Gasteiger partial charge >= 0.3 is 6.18 Å². The van der Waals surface area contributed by atoms with Crippen LogP contribution in [0.4, 0.5) is 13.2 Å². The number of nitrogens with one attached hydrogen (secondary N) is 1. The standard InChI is InChI=1S/C16H31F3N4O.HI/c1-5-20-15(21-6-11-24-12-13(2)3)23-9-7-22(8-10-23)14(4)16(17,18)19;/h13-14H,5-12H2,1-4H3,(H,20,21);1H. The molecular formula is C16H32F3IN4O. The van der Waals surface area contributed by atoms with Crippen LogP contribution >= 0.6 is 24.0 Å². The number of rotatable bonds is 7. The second-order valence-corrected chi connectivity index (χ2v) is 6.45. The number of hydrogen-bond donors (Lipinski definition) is 1. The zero-order valence-corrected chi connectivity index (χ0v) is 17.9. The van der Waals surface area contributed by atoms with Gasteiger partial charge in [0.2, 0.25) is 0 Å². The highest BCUT2D eigenvalue weighted by molar-refractivity contribution is 14.0. The van der Waals surface area contributed by atoms with Crippen LogP contribution in [-0.4, -0.2) is 80.5 Å². The number of alkyl halides is 3. The first kappa shape index (κ1) is 24.7. The van der Waals surface area contributed by atoms with Gasteiger partial charge in [0.1, 0.15) is 6.04 Å². The van der Waals surface area contributed by atoms with E-state index in [0.29, 0.717) is 51.9 Å². The summed E-state index contributed by atoms with van der Waals surface area (Å²) < 4.78 is 43.9. The van der Waals surface area contributed by atoms with Crippen molar-refractivity contribution in [3.05, 3.63) is 0 Å². The number of aliphatic imine (C=N–C) groups is 1. The third-order valence-electron chi connectivity index (χ3n) is 3.92. The van der Waals surface area contributed by atoms with Crippen molar-refractivity contribution in [3.8, 4) is 0 Å². The molecule has 25 heavy (non-hydrogen) atoms. The van der Waals surface area contributed by atoms with E-state index in [1.165, 1.54) is 11.8 Å². The molecule has 0 aliphatic carbocycles. The van der Waals surface area contributed by atoms with E-state index >= 15 is 0 Å². The monoisotopic (exact) mass is 480 g/mol. The van der Waals surface area contributed by atoms with E-state index in [9.17, 15) is 13.2 Å². The lowest BCUT2D eigenvalue weighted by Crippen LogP contribution is -2.56. The first-order valence-corrected chi connectivity index (χ1v) is 8.67. The Morgan fingerprint density at radius 2 is 1.76 bits per heavy atom. The highest BCUT2D eigenvalue weighted by Gasteiger charge is 2.41. The second kappa shape index (κ2) is 12.2. The van der Waals surface area contributed by atoms with Gasteiger partial charge in [-0.25, -0.2) is 0 Å². The molecule has 1 unspecified atom stereocenters. The highest BCUT2D eigenvalue weighted by atomic mass is 127. The molecule has 0 radical (unpaired) electrons.